The lowest BCUT2D eigenvalue weighted by Gasteiger charge is -2.20. The van der Waals surface area contributed by atoms with Crippen molar-refractivity contribution in [3.8, 4) is 17.2 Å². The van der Waals surface area contributed by atoms with E-state index >= 15 is 0 Å². The van der Waals surface area contributed by atoms with Crippen LogP contribution < -0.4 is 18.9 Å². The van der Waals surface area contributed by atoms with Crippen LogP contribution in [0.25, 0.3) is 0 Å². The van der Waals surface area contributed by atoms with Gasteiger partial charge >= 0.3 is 0 Å². The molecule has 0 radical (unpaired) electrons. The zero-order valence-corrected chi connectivity index (χ0v) is 16.6. The fraction of sp³-hybridized carbons (Fsp3) is 0.400. The zero-order chi connectivity index (χ0) is 19.5. The minimum atomic E-state index is -3.65. The summed E-state index contributed by atoms with van der Waals surface area (Å²) in [5, 5.41) is 0. The van der Waals surface area contributed by atoms with Gasteiger partial charge in [0, 0.05) is 12.6 Å². The highest BCUT2D eigenvalue weighted by Crippen LogP contribution is 2.32. The molecule has 2 aromatic rings. The summed E-state index contributed by atoms with van der Waals surface area (Å²) >= 11 is 0. The highest BCUT2D eigenvalue weighted by molar-refractivity contribution is 7.89. The molecule has 3 rings (SSSR count). The number of hydrogen-bond donors (Lipinski definition) is 1. The summed E-state index contributed by atoms with van der Waals surface area (Å²) < 4.78 is 44.0. The molecule has 0 unspecified atom stereocenters. The van der Waals surface area contributed by atoms with Gasteiger partial charge in [-0.3, -0.25) is 0 Å². The third-order valence-electron chi connectivity index (χ3n) is 4.19. The average molecular weight is 391 g/mol. The SMILES string of the molecule is CC(C)(C)c1cccc(OCCNS(=O)(=O)c2ccc3c(c2)OCCO3)c1. The van der Waals surface area contributed by atoms with E-state index in [-0.39, 0.29) is 23.5 Å². The first kappa shape index (κ1) is 19.5. The van der Waals surface area contributed by atoms with Crippen molar-refractivity contribution in [2.24, 2.45) is 0 Å². The largest absolute Gasteiger partial charge is 0.492 e. The first-order valence-corrected chi connectivity index (χ1v) is 10.4. The van der Waals surface area contributed by atoms with Crippen LogP contribution in [0, 0.1) is 0 Å². The summed E-state index contributed by atoms with van der Waals surface area (Å²) in [5.74, 6) is 1.72. The summed E-state index contributed by atoms with van der Waals surface area (Å²) in [4.78, 5) is 0.140. The summed E-state index contributed by atoms with van der Waals surface area (Å²) in [6.45, 7) is 7.67. The molecule has 1 aliphatic rings. The van der Waals surface area contributed by atoms with Crippen LogP contribution in [0.4, 0.5) is 0 Å². The fourth-order valence-electron chi connectivity index (χ4n) is 2.67. The van der Waals surface area contributed by atoms with Crippen molar-refractivity contribution in [1.29, 1.82) is 0 Å². The van der Waals surface area contributed by atoms with Gasteiger partial charge in [-0.15, -0.1) is 0 Å². The summed E-state index contributed by atoms with van der Waals surface area (Å²) in [7, 11) is -3.65. The molecule has 2 aromatic carbocycles. The van der Waals surface area contributed by atoms with Gasteiger partial charge in [0.2, 0.25) is 10.0 Å². The second-order valence-electron chi connectivity index (χ2n) is 7.33. The van der Waals surface area contributed by atoms with Gasteiger partial charge in [0.1, 0.15) is 25.6 Å². The van der Waals surface area contributed by atoms with E-state index < -0.39 is 10.0 Å². The Hall–Kier alpha value is -2.25. The molecular weight excluding hydrogens is 366 g/mol. The van der Waals surface area contributed by atoms with Crippen LogP contribution in [0.1, 0.15) is 26.3 Å². The van der Waals surface area contributed by atoms with Crippen LogP contribution in [0.3, 0.4) is 0 Å². The lowest BCUT2D eigenvalue weighted by molar-refractivity contribution is 0.171. The minimum Gasteiger partial charge on any atom is -0.492 e. The highest BCUT2D eigenvalue weighted by Gasteiger charge is 2.19. The first-order valence-electron chi connectivity index (χ1n) is 8.88. The summed E-state index contributed by atoms with van der Waals surface area (Å²) in [6, 6.07) is 12.4. The van der Waals surface area contributed by atoms with Crippen molar-refractivity contribution < 1.29 is 22.6 Å². The normalized spacial score (nSPS) is 14.0. The van der Waals surface area contributed by atoms with Crippen molar-refractivity contribution in [2.75, 3.05) is 26.4 Å². The summed E-state index contributed by atoms with van der Waals surface area (Å²) in [6.07, 6.45) is 0. The minimum absolute atomic E-state index is 0.0270. The first-order chi connectivity index (χ1) is 12.8. The Morgan fingerprint density at radius 1 is 1.04 bits per heavy atom. The Morgan fingerprint density at radius 2 is 1.78 bits per heavy atom. The smallest absolute Gasteiger partial charge is 0.240 e. The van der Waals surface area contributed by atoms with Crippen LogP contribution in [0.2, 0.25) is 0 Å². The van der Waals surface area contributed by atoms with E-state index in [0.717, 1.165) is 11.3 Å². The number of sulfonamides is 1. The molecule has 0 saturated carbocycles. The van der Waals surface area contributed by atoms with E-state index in [1.807, 2.05) is 18.2 Å². The Bertz CT molecular complexity index is 903. The number of ether oxygens (including phenoxy) is 3. The predicted molar refractivity (Wildman–Crippen MR) is 103 cm³/mol. The van der Waals surface area contributed by atoms with Crippen molar-refractivity contribution in [1.82, 2.24) is 4.72 Å². The van der Waals surface area contributed by atoms with Crippen LogP contribution in [0.15, 0.2) is 47.4 Å². The molecule has 0 saturated heterocycles. The molecule has 0 atom stereocenters. The third kappa shape index (κ3) is 4.93. The van der Waals surface area contributed by atoms with Crippen LogP contribution in [0.5, 0.6) is 17.2 Å². The standard InChI is InChI=1S/C20H25NO5S/c1-20(2,3)15-5-4-6-16(13-15)24-10-9-21-27(22,23)17-7-8-18-19(14-17)26-12-11-25-18/h4-8,13-14,21H,9-12H2,1-3H3. The van der Waals surface area contributed by atoms with E-state index in [9.17, 15) is 8.42 Å². The lowest BCUT2D eigenvalue weighted by atomic mass is 9.87. The number of rotatable bonds is 6. The maximum absolute atomic E-state index is 12.5. The van der Waals surface area contributed by atoms with E-state index in [4.69, 9.17) is 14.2 Å². The second-order valence-corrected chi connectivity index (χ2v) is 9.10. The molecule has 146 valence electrons. The Kier molecular flexibility index (Phi) is 5.62. The van der Waals surface area contributed by atoms with Gasteiger partial charge in [-0.05, 0) is 35.2 Å². The lowest BCUT2D eigenvalue weighted by Crippen LogP contribution is -2.28. The average Bonchev–Trinajstić information content (AvgIpc) is 2.64. The molecule has 6 nitrogen and oxygen atoms in total. The number of fused-ring (bicyclic) bond motifs is 1. The van der Waals surface area contributed by atoms with Gasteiger partial charge < -0.3 is 14.2 Å². The Balaban J connectivity index is 1.57. The molecule has 0 aliphatic carbocycles. The predicted octanol–water partition coefficient (Wildman–Crippen LogP) is 3.11. The van der Waals surface area contributed by atoms with Crippen molar-refractivity contribution in [3.05, 3.63) is 48.0 Å². The Labute approximate surface area is 160 Å². The van der Waals surface area contributed by atoms with Gasteiger partial charge in [-0.1, -0.05) is 32.9 Å². The van der Waals surface area contributed by atoms with Gasteiger partial charge in [-0.2, -0.15) is 0 Å². The van der Waals surface area contributed by atoms with Crippen LogP contribution in [-0.4, -0.2) is 34.8 Å². The van der Waals surface area contributed by atoms with E-state index in [1.165, 1.54) is 12.1 Å². The van der Waals surface area contributed by atoms with Gasteiger partial charge in [-0.25, -0.2) is 13.1 Å². The summed E-state index contributed by atoms with van der Waals surface area (Å²) in [5.41, 5.74) is 1.19. The van der Waals surface area contributed by atoms with Crippen molar-refractivity contribution in [2.45, 2.75) is 31.1 Å². The maximum atomic E-state index is 12.5. The molecule has 27 heavy (non-hydrogen) atoms. The number of hydrogen-bond acceptors (Lipinski definition) is 5. The fourth-order valence-corrected chi connectivity index (χ4v) is 3.70. The van der Waals surface area contributed by atoms with Gasteiger partial charge in [0.25, 0.3) is 0 Å². The quantitative estimate of drug-likeness (QED) is 0.766. The van der Waals surface area contributed by atoms with Gasteiger partial charge in [0.05, 0.1) is 4.90 Å². The Morgan fingerprint density at radius 3 is 2.52 bits per heavy atom. The van der Waals surface area contributed by atoms with Crippen molar-refractivity contribution >= 4 is 10.0 Å². The second kappa shape index (κ2) is 7.78. The number of nitrogens with one attached hydrogen (secondary N) is 1. The molecular formula is C20H25NO5S. The van der Waals surface area contributed by atoms with Crippen LogP contribution >= 0.6 is 0 Å². The topological polar surface area (TPSA) is 73.9 Å². The molecule has 1 N–H and O–H groups in total. The van der Waals surface area contributed by atoms with Crippen LogP contribution in [-0.2, 0) is 15.4 Å². The van der Waals surface area contributed by atoms with Gasteiger partial charge in [0.15, 0.2) is 11.5 Å². The van der Waals surface area contributed by atoms with E-state index in [0.29, 0.717) is 24.7 Å². The molecule has 0 bridgehead atoms. The zero-order valence-electron chi connectivity index (χ0n) is 15.8. The molecule has 0 aromatic heterocycles. The monoisotopic (exact) mass is 391 g/mol. The number of benzene rings is 2. The molecule has 1 heterocycles. The molecule has 1 aliphatic heterocycles. The third-order valence-corrected chi connectivity index (χ3v) is 5.65. The molecule has 0 amide bonds. The van der Waals surface area contributed by atoms with Crippen molar-refractivity contribution in [3.63, 3.8) is 0 Å². The van der Waals surface area contributed by atoms with E-state index in [1.54, 1.807) is 6.07 Å². The molecule has 0 fully saturated rings. The molecule has 7 heteroatoms. The maximum Gasteiger partial charge on any atom is 0.240 e. The highest BCUT2D eigenvalue weighted by atomic mass is 32.2. The van der Waals surface area contributed by atoms with E-state index in [2.05, 4.69) is 31.6 Å². The molecule has 0 spiro atoms.